The van der Waals surface area contributed by atoms with Crippen LogP contribution >= 0.6 is 0 Å². The zero-order valence-corrected chi connectivity index (χ0v) is 16.0. The summed E-state index contributed by atoms with van der Waals surface area (Å²) >= 11 is 0. The van der Waals surface area contributed by atoms with Gasteiger partial charge in [-0.05, 0) is 57.0 Å². The van der Waals surface area contributed by atoms with Crippen molar-refractivity contribution in [1.82, 2.24) is 16.1 Å². The number of carbonyl (C=O) groups excluding carboxylic acids is 2. The highest BCUT2D eigenvalue weighted by Gasteiger charge is 2.35. The van der Waals surface area contributed by atoms with Crippen molar-refractivity contribution in [2.75, 3.05) is 13.7 Å². The fourth-order valence-corrected chi connectivity index (χ4v) is 2.08. The van der Waals surface area contributed by atoms with Crippen LogP contribution in [0.3, 0.4) is 0 Å². The summed E-state index contributed by atoms with van der Waals surface area (Å²) in [4.78, 5) is 24.3. The first kappa shape index (κ1) is 23.2. The molecule has 0 saturated heterocycles. The van der Waals surface area contributed by atoms with Crippen LogP contribution in [0.25, 0.3) is 0 Å². The second-order valence-electron chi connectivity index (χ2n) is 6.52. The van der Waals surface area contributed by atoms with E-state index in [-0.39, 0.29) is 13.0 Å². The molecule has 2 atom stereocenters. The van der Waals surface area contributed by atoms with Gasteiger partial charge in [-0.2, -0.15) is 0 Å². The third-order valence-electron chi connectivity index (χ3n) is 4.07. The first-order chi connectivity index (χ1) is 13.2. The van der Waals surface area contributed by atoms with Gasteiger partial charge < -0.3 is 20.8 Å². The lowest BCUT2D eigenvalue weighted by molar-refractivity contribution is -0.132. The van der Waals surface area contributed by atoms with Crippen molar-refractivity contribution < 1.29 is 25.0 Å². The minimum Gasteiger partial charge on any atom is -0.394 e. The summed E-state index contributed by atoms with van der Waals surface area (Å²) < 4.78 is 0. The first-order valence-corrected chi connectivity index (χ1v) is 8.56. The van der Waals surface area contributed by atoms with Gasteiger partial charge in [0.25, 0.3) is 11.8 Å². The molecular formula is C20H25N3O5. The van der Waals surface area contributed by atoms with E-state index in [0.29, 0.717) is 11.1 Å². The molecule has 2 amide bonds. The van der Waals surface area contributed by atoms with Gasteiger partial charge in [0, 0.05) is 23.1 Å². The van der Waals surface area contributed by atoms with Crippen LogP contribution < -0.4 is 16.1 Å². The van der Waals surface area contributed by atoms with Crippen molar-refractivity contribution in [3.8, 4) is 23.7 Å². The number of aliphatic hydroxyl groups excluding tert-OH is 2. The minimum absolute atomic E-state index is 0.135. The summed E-state index contributed by atoms with van der Waals surface area (Å²) in [6.45, 7) is 3.08. The second-order valence-corrected chi connectivity index (χ2v) is 6.52. The van der Waals surface area contributed by atoms with Gasteiger partial charge in [0.15, 0.2) is 0 Å². The highest BCUT2D eigenvalue weighted by atomic mass is 16.5. The lowest BCUT2D eigenvalue weighted by Gasteiger charge is -2.32. The van der Waals surface area contributed by atoms with E-state index in [4.69, 9.17) is 15.4 Å². The molecule has 6 N–H and O–H groups in total. The maximum Gasteiger partial charge on any atom is 0.267 e. The van der Waals surface area contributed by atoms with Gasteiger partial charge in [0.2, 0.25) is 0 Å². The second kappa shape index (κ2) is 11.1. The van der Waals surface area contributed by atoms with Crippen LogP contribution in [0.5, 0.6) is 0 Å². The van der Waals surface area contributed by atoms with Gasteiger partial charge in [0.05, 0.1) is 12.7 Å². The van der Waals surface area contributed by atoms with Crippen molar-refractivity contribution in [3.63, 3.8) is 0 Å². The molecular weight excluding hydrogens is 362 g/mol. The molecule has 0 heterocycles. The summed E-state index contributed by atoms with van der Waals surface area (Å²) in [7, 11) is 1.64. The summed E-state index contributed by atoms with van der Waals surface area (Å²) in [5.41, 5.74) is 1.72. The standard InChI is InChI=1S/C20H25N3O5/c1-20(2,21-3)17(19(27)23-28)22-18(26)15-11-9-14(10-12-15)7-5-4-6-8-16(25)13-24/h9-12,16-17,21,24-25,28H,8,13H2,1-3H3,(H,22,26)(H,23,27). The number of hydroxylamine groups is 1. The Hall–Kier alpha value is -2.88. The molecule has 0 fully saturated rings. The van der Waals surface area contributed by atoms with Crippen molar-refractivity contribution in [3.05, 3.63) is 35.4 Å². The van der Waals surface area contributed by atoms with Gasteiger partial charge in [-0.1, -0.05) is 11.8 Å². The monoisotopic (exact) mass is 387 g/mol. The highest BCUT2D eigenvalue weighted by Crippen LogP contribution is 2.11. The van der Waals surface area contributed by atoms with E-state index in [1.165, 1.54) is 0 Å². The van der Waals surface area contributed by atoms with Crippen molar-refractivity contribution in [2.24, 2.45) is 0 Å². The zero-order valence-electron chi connectivity index (χ0n) is 16.0. The third kappa shape index (κ3) is 7.03. The average molecular weight is 387 g/mol. The molecule has 0 aliphatic rings. The van der Waals surface area contributed by atoms with E-state index in [9.17, 15) is 9.59 Å². The minimum atomic E-state index is -1.00. The molecule has 0 aliphatic heterocycles. The molecule has 0 saturated carbocycles. The number of nitrogens with one attached hydrogen (secondary N) is 3. The Labute approximate surface area is 164 Å². The third-order valence-corrected chi connectivity index (χ3v) is 4.07. The number of amides is 2. The molecule has 0 aliphatic carbocycles. The Kier molecular flexibility index (Phi) is 9.16. The van der Waals surface area contributed by atoms with E-state index in [2.05, 4.69) is 34.3 Å². The average Bonchev–Trinajstić information content (AvgIpc) is 2.71. The number of aliphatic hydroxyl groups is 2. The molecule has 8 heteroatoms. The van der Waals surface area contributed by atoms with Crippen LogP contribution in [0.1, 0.15) is 36.2 Å². The van der Waals surface area contributed by atoms with Crippen molar-refractivity contribution in [2.45, 2.75) is 38.0 Å². The summed E-state index contributed by atoms with van der Waals surface area (Å²) in [6, 6.07) is 5.39. The topological polar surface area (TPSA) is 131 Å². The fraction of sp³-hybridized carbons (Fsp3) is 0.400. The number of hydrogen-bond donors (Lipinski definition) is 6. The fourth-order valence-electron chi connectivity index (χ4n) is 2.08. The summed E-state index contributed by atoms with van der Waals surface area (Å²) in [6.07, 6.45) is -0.743. The number of benzene rings is 1. The normalized spacial score (nSPS) is 12.5. The quantitative estimate of drug-likeness (QED) is 0.210. The van der Waals surface area contributed by atoms with Gasteiger partial charge in [-0.3, -0.25) is 14.8 Å². The van der Waals surface area contributed by atoms with Gasteiger partial charge in [-0.25, -0.2) is 5.48 Å². The Bertz CT molecular complexity index is 797. The van der Waals surface area contributed by atoms with Crippen LogP contribution in [0.15, 0.2) is 24.3 Å². The van der Waals surface area contributed by atoms with Crippen LogP contribution in [0.4, 0.5) is 0 Å². The molecule has 28 heavy (non-hydrogen) atoms. The van der Waals surface area contributed by atoms with E-state index < -0.39 is 29.5 Å². The molecule has 0 radical (unpaired) electrons. The SMILES string of the molecule is CNC(C)(C)C(NC(=O)c1ccc(C#CC#CCC(O)CO)cc1)C(=O)NO. The summed E-state index contributed by atoms with van der Waals surface area (Å²) in [5, 5.41) is 32.3. The molecule has 2 unspecified atom stereocenters. The van der Waals surface area contributed by atoms with Gasteiger partial charge in [0.1, 0.15) is 6.04 Å². The van der Waals surface area contributed by atoms with Crippen LogP contribution in [-0.2, 0) is 4.79 Å². The van der Waals surface area contributed by atoms with Gasteiger partial charge >= 0.3 is 0 Å². The number of hydrogen-bond acceptors (Lipinski definition) is 6. The van der Waals surface area contributed by atoms with Crippen LogP contribution in [0.2, 0.25) is 0 Å². The number of likely N-dealkylation sites (N-methyl/N-ethyl adjacent to an activating group) is 1. The van der Waals surface area contributed by atoms with Crippen molar-refractivity contribution in [1.29, 1.82) is 0 Å². The predicted octanol–water partition coefficient (Wildman–Crippen LogP) is -0.613. The predicted molar refractivity (Wildman–Crippen MR) is 103 cm³/mol. The largest absolute Gasteiger partial charge is 0.394 e. The van der Waals surface area contributed by atoms with E-state index in [1.807, 2.05) is 0 Å². The Balaban J connectivity index is 2.82. The zero-order chi connectivity index (χ0) is 21.2. The van der Waals surface area contributed by atoms with Crippen LogP contribution in [0, 0.1) is 23.7 Å². The van der Waals surface area contributed by atoms with Gasteiger partial charge in [-0.15, -0.1) is 0 Å². The first-order valence-electron chi connectivity index (χ1n) is 8.56. The molecule has 1 aromatic rings. The molecule has 0 bridgehead atoms. The van der Waals surface area contributed by atoms with Crippen molar-refractivity contribution >= 4 is 11.8 Å². The molecule has 1 rings (SSSR count). The Morgan fingerprint density at radius 2 is 1.82 bits per heavy atom. The van der Waals surface area contributed by atoms with E-state index in [0.717, 1.165) is 0 Å². The smallest absolute Gasteiger partial charge is 0.267 e. The maximum atomic E-state index is 12.4. The van der Waals surface area contributed by atoms with E-state index in [1.54, 1.807) is 50.6 Å². The van der Waals surface area contributed by atoms with Crippen LogP contribution in [-0.4, -0.2) is 58.6 Å². The number of rotatable bonds is 7. The molecule has 8 nitrogen and oxygen atoms in total. The molecule has 1 aromatic carbocycles. The van der Waals surface area contributed by atoms with E-state index >= 15 is 0 Å². The lowest BCUT2D eigenvalue weighted by Crippen LogP contribution is -2.62. The highest BCUT2D eigenvalue weighted by molar-refractivity contribution is 5.97. The Morgan fingerprint density at radius 1 is 1.18 bits per heavy atom. The molecule has 150 valence electrons. The number of carbonyl (C=O) groups is 2. The Morgan fingerprint density at radius 3 is 2.36 bits per heavy atom. The molecule has 0 spiro atoms. The lowest BCUT2D eigenvalue weighted by atomic mass is 9.93. The maximum absolute atomic E-state index is 12.4. The summed E-state index contributed by atoms with van der Waals surface area (Å²) in [5.74, 6) is 9.40. The molecule has 0 aromatic heterocycles.